The first-order valence-corrected chi connectivity index (χ1v) is 7.76. The Morgan fingerprint density at radius 2 is 2.16 bits per heavy atom. The molecule has 0 atom stereocenters. The number of aliphatic hydroxyl groups excluding tert-OH is 1. The fourth-order valence-corrected chi connectivity index (χ4v) is 3.81. The molecule has 0 spiro atoms. The van der Waals surface area contributed by atoms with Crippen molar-refractivity contribution in [2.45, 2.75) is 18.4 Å². The van der Waals surface area contributed by atoms with Gasteiger partial charge in [0.1, 0.15) is 5.82 Å². The molecule has 0 fully saturated rings. The van der Waals surface area contributed by atoms with E-state index in [0.717, 1.165) is 11.3 Å². The van der Waals surface area contributed by atoms with Crippen LogP contribution in [0.2, 0.25) is 0 Å². The molecule has 0 amide bonds. The molecule has 0 aliphatic carbocycles. The normalized spacial score (nSPS) is 11.5. The molecule has 0 saturated heterocycles. The molecule has 1 aromatic heterocycles. The van der Waals surface area contributed by atoms with Crippen LogP contribution in [0.15, 0.2) is 34.5 Å². The van der Waals surface area contributed by atoms with Crippen molar-refractivity contribution < 1.29 is 17.9 Å². The van der Waals surface area contributed by atoms with Crippen molar-refractivity contribution in [3.05, 3.63) is 45.9 Å². The first-order chi connectivity index (χ1) is 8.94. The number of sulfonamides is 1. The predicted octanol–water partition coefficient (Wildman–Crippen LogP) is 2.49. The molecule has 1 aromatic carbocycles. The van der Waals surface area contributed by atoms with Crippen molar-refractivity contribution in [2.24, 2.45) is 0 Å². The number of nitrogens with one attached hydrogen (secondary N) is 1. The molecule has 2 N–H and O–H groups in total. The van der Waals surface area contributed by atoms with Crippen LogP contribution in [0.4, 0.5) is 10.1 Å². The Balaban J connectivity index is 2.36. The van der Waals surface area contributed by atoms with Crippen LogP contribution in [0.25, 0.3) is 0 Å². The summed E-state index contributed by atoms with van der Waals surface area (Å²) in [6.45, 7) is 1.40. The second kappa shape index (κ2) is 5.28. The average Bonchev–Trinajstić information content (AvgIpc) is 2.83. The lowest BCUT2D eigenvalue weighted by atomic mass is 10.2. The summed E-state index contributed by atoms with van der Waals surface area (Å²) in [6, 6.07) is 5.69. The minimum atomic E-state index is -3.84. The number of benzene rings is 1. The highest BCUT2D eigenvalue weighted by molar-refractivity contribution is 7.92. The fraction of sp³-hybridized carbons (Fsp3) is 0.167. The summed E-state index contributed by atoms with van der Waals surface area (Å²) >= 11 is 1.13. The van der Waals surface area contributed by atoms with Gasteiger partial charge in [0.05, 0.1) is 17.2 Å². The summed E-state index contributed by atoms with van der Waals surface area (Å²) in [5, 5.41) is 10.3. The van der Waals surface area contributed by atoms with Crippen molar-refractivity contribution in [1.29, 1.82) is 0 Å². The Labute approximate surface area is 114 Å². The van der Waals surface area contributed by atoms with Crippen molar-refractivity contribution in [1.82, 2.24) is 0 Å². The fourth-order valence-electron chi connectivity index (χ4n) is 1.54. The summed E-state index contributed by atoms with van der Waals surface area (Å²) < 4.78 is 40.0. The van der Waals surface area contributed by atoms with E-state index >= 15 is 0 Å². The average molecular weight is 301 g/mol. The third-order valence-electron chi connectivity index (χ3n) is 2.55. The molecule has 19 heavy (non-hydrogen) atoms. The smallest absolute Gasteiger partial charge is 0.262 e. The molecule has 0 unspecified atom stereocenters. The van der Waals surface area contributed by atoms with E-state index in [0.29, 0.717) is 10.4 Å². The Kier molecular flexibility index (Phi) is 3.88. The van der Waals surface area contributed by atoms with Gasteiger partial charge in [-0.15, -0.1) is 11.3 Å². The Morgan fingerprint density at radius 3 is 2.74 bits per heavy atom. The summed E-state index contributed by atoms with van der Waals surface area (Å²) in [5.41, 5.74) is 0.445. The quantitative estimate of drug-likeness (QED) is 0.912. The summed E-state index contributed by atoms with van der Waals surface area (Å²) in [4.78, 5) is 0.551. The zero-order chi connectivity index (χ0) is 14.0. The minimum Gasteiger partial charge on any atom is -0.391 e. The number of hydrogen-bond donors (Lipinski definition) is 2. The maximum atomic E-state index is 13.6. The van der Waals surface area contributed by atoms with Crippen molar-refractivity contribution in [3.63, 3.8) is 0 Å². The highest BCUT2D eigenvalue weighted by atomic mass is 32.2. The van der Waals surface area contributed by atoms with Gasteiger partial charge in [-0.1, -0.05) is 12.1 Å². The molecule has 0 aliphatic heterocycles. The second-order valence-corrected chi connectivity index (χ2v) is 6.62. The number of halogens is 1. The lowest BCUT2D eigenvalue weighted by Crippen LogP contribution is -2.14. The van der Waals surface area contributed by atoms with Gasteiger partial charge in [0.15, 0.2) is 0 Å². The van der Waals surface area contributed by atoms with E-state index in [1.54, 1.807) is 13.0 Å². The van der Waals surface area contributed by atoms with Gasteiger partial charge < -0.3 is 5.11 Å². The number of hydrogen-bond acceptors (Lipinski definition) is 4. The predicted molar refractivity (Wildman–Crippen MR) is 72.2 cm³/mol. The van der Waals surface area contributed by atoms with Crippen LogP contribution in [0.3, 0.4) is 0 Å². The van der Waals surface area contributed by atoms with Crippen LogP contribution in [0.1, 0.15) is 10.4 Å². The molecule has 0 bridgehead atoms. The van der Waals surface area contributed by atoms with Gasteiger partial charge >= 0.3 is 0 Å². The van der Waals surface area contributed by atoms with Crippen molar-refractivity contribution in [3.8, 4) is 0 Å². The van der Waals surface area contributed by atoms with E-state index in [9.17, 15) is 12.8 Å². The number of anilines is 1. The molecule has 0 radical (unpaired) electrons. The highest BCUT2D eigenvalue weighted by Gasteiger charge is 2.19. The molecular weight excluding hydrogens is 289 g/mol. The Hall–Kier alpha value is -1.44. The standard InChI is InChI=1S/C12H12FNO3S2/c1-8-3-2-4-11(13)12(8)14-19(16,17)10-5-9(6-15)18-7-10/h2-5,7,14-15H,6H2,1H3. The molecule has 2 aromatic rings. The lowest BCUT2D eigenvalue weighted by Gasteiger charge is -2.10. The molecule has 2 rings (SSSR count). The van der Waals surface area contributed by atoms with E-state index in [1.807, 2.05) is 0 Å². The summed E-state index contributed by atoms with van der Waals surface area (Å²) in [7, 11) is -3.84. The van der Waals surface area contributed by atoms with Crippen LogP contribution in [-0.2, 0) is 16.6 Å². The van der Waals surface area contributed by atoms with Crippen LogP contribution in [0.5, 0.6) is 0 Å². The zero-order valence-corrected chi connectivity index (χ0v) is 11.7. The summed E-state index contributed by atoms with van der Waals surface area (Å²) in [6.07, 6.45) is 0. The molecule has 1 heterocycles. The Bertz CT molecular complexity index is 675. The zero-order valence-electron chi connectivity index (χ0n) is 10.1. The number of para-hydroxylation sites is 1. The van der Waals surface area contributed by atoms with Gasteiger partial charge in [-0.3, -0.25) is 4.72 Å². The maximum absolute atomic E-state index is 13.6. The highest BCUT2D eigenvalue weighted by Crippen LogP contribution is 2.25. The van der Waals surface area contributed by atoms with Crippen LogP contribution < -0.4 is 4.72 Å². The van der Waals surface area contributed by atoms with Crippen LogP contribution in [0, 0.1) is 12.7 Å². The van der Waals surface area contributed by atoms with Gasteiger partial charge in [-0.25, -0.2) is 12.8 Å². The maximum Gasteiger partial charge on any atom is 0.262 e. The van der Waals surface area contributed by atoms with Crippen molar-refractivity contribution in [2.75, 3.05) is 4.72 Å². The van der Waals surface area contributed by atoms with Gasteiger partial charge in [-0.05, 0) is 24.6 Å². The van der Waals surface area contributed by atoms with Gasteiger partial charge in [0, 0.05) is 10.3 Å². The van der Waals surface area contributed by atoms with E-state index in [-0.39, 0.29) is 17.2 Å². The SMILES string of the molecule is Cc1cccc(F)c1NS(=O)(=O)c1csc(CO)c1. The molecular formula is C12H12FNO3S2. The third-order valence-corrected chi connectivity index (χ3v) is 4.95. The van der Waals surface area contributed by atoms with E-state index in [2.05, 4.69) is 4.72 Å². The van der Waals surface area contributed by atoms with Crippen molar-refractivity contribution >= 4 is 27.0 Å². The lowest BCUT2D eigenvalue weighted by molar-refractivity contribution is 0.285. The minimum absolute atomic E-state index is 0.0178. The number of aryl methyl sites for hydroxylation is 1. The summed E-state index contributed by atoms with van der Waals surface area (Å²) in [5.74, 6) is -0.624. The number of rotatable bonds is 4. The third kappa shape index (κ3) is 2.94. The van der Waals surface area contributed by atoms with Crippen LogP contribution in [-0.4, -0.2) is 13.5 Å². The van der Waals surface area contributed by atoms with E-state index < -0.39 is 15.8 Å². The second-order valence-electron chi connectivity index (χ2n) is 3.94. The Morgan fingerprint density at radius 1 is 1.42 bits per heavy atom. The molecule has 7 heteroatoms. The number of thiophene rings is 1. The number of aliphatic hydroxyl groups is 1. The van der Waals surface area contributed by atoms with Gasteiger partial charge in [0.2, 0.25) is 0 Å². The molecule has 0 saturated carbocycles. The largest absolute Gasteiger partial charge is 0.391 e. The first kappa shape index (κ1) is 14.0. The molecule has 0 aliphatic rings. The van der Waals surface area contributed by atoms with Gasteiger partial charge in [-0.2, -0.15) is 0 Å². The van der Waals surface area contributed by atoms with Crippen LogP contribution >= 0.6 is 11.3 Å². The monoisotopic (exact) mass is 301 g/mol. The molecule has 102 valence electrons. The first-order valence-electron chi connectivity index (χ1n) is 5.40. The topological polar surface area (TPSA) is 66.4 Å². The van der Waals surface area contributed by atoms with Gasteiger partial charge in [0.25, 0.3) is 10.0 Å². The van der Waals surface area contributed by atoms with E-state index in [4.69, 9.17) is 5.11 Å². The van der Waals surface area contributed by atoms with E-state index in [1.165, 1.54) is 23.6 Å². The molecule has 4 nitrogen and oxygen atoms in total.